The first kappa shape index (κ1) is 20.2. The van der Waals surface area contributed by atoms with Gasteiger partial charge in [-0.15, -0.1) is 0 Å². The highest BCUT2D eigenvalue weighted by molar-refractivity contribution is 5.92. The first-order chi connectivity index (χ1) is 13.6. The molecule has 0 radical (unpaired) electrons. The highest BCUT2D eigenvalue weighted by Crippen LogP contribution is 2.29. The Hall–Kier alpha value is -2.57. The van der Waals surface area contributed by atoms with E-state index in [0.717, 1.165) is 12.0 Å². The number of halogens is 2. The van der Waals surface area contributed by atoms with E-state index in [4.69, 9.17) is 4.74 Å². The van der Waals surface area contributed by atoms with Crippen molar-refractivity contribution in [2.24, 2.45) is 5.92 Å². The molecule has 0 saturated heterocycles. The fourth-order valence-corrected chi connectivity index (χ4v) is 3.67. The molecule has 2 aromatic heterocycles. The van der Waals surface area contributed by atoms with Crippen LogP contribution in [0.25, 0.3) is 0 Å². The Morgan fingerprint density at radius 3 is 2.64 bits per heavy atom. The molecule has 7 heteroatoms. The van der Waals surface area contributed by atoms with Gasteiger partial charge in [0.05, 0.1) is 0 Å². The number of carbonyl (C=O) groups is 1. The summed E-state index contributed by atoms with van der Waals surface area (Å²) in [5.41, 5.74) is 1.28. The zero-order chi connectivity index (χ0) is 19.8. The molecule has 1 aliphatic rings. The van der Waals surface area contributed by atoms with Crippen LogP contribution in [0.5, 0.6) is 5.88 Å². The van der Waals surface area contributed by atoms with Crippen LogP contribution in [0.4, 0.5) is 8.78 Å². The van der Waals surface area contributed by atoms with Crippen molar-refractivity contribution in [2.75, 3.05) is 6.61 Å². The molecule has 150 valence electrons. The van der Waals surface area contributed by atoms with E-state index in [1.54, 1.807) is 24.5 Å². The van der Waals surface area contributed by atoms with Crippen LogP contribution in [0.3, 0.4) is 0 Å². The molecule has 0 spiro atoms. The van der Waals surface area contributed by atoms with Crippen LogP contribution in [-0.4, -0.2) is 34.9 Å². The van der Waals surface area contributed by atoms with Crippen molar-refractivity contribution in [3.8, 4) is 5.88 Å². The van der Waals surface area contributed by atoms with E-state index in [2.05, 4.69) is 15.3 Å². The summed E-state index contributed by atoms with van der Waals surface area (Å²) in [4.78, 5) is 20.8. The fourth-order valence-electron chi connectivity index (χ4n) is 3.67. The van der Waals surface area contributed by atoms with Crippen LogP contribution in [-0.2, 0) is 6.42 Å². The zero-order valence-corrected chi connectivity index (χ0v) is 15.7. The van der Waals surface area contributed by atoms with E-state index >= 15 is 0 Å². The van der Waals surface area contributed by atoms with Gasteiger partial charge in [0.2, 0.25) is 5.88 Å². The van der Waals surface area contributed by atoms with E-state index in [0.29, 0.717) is 12.3 Å². The molecule has 0 aliphatic heterocycles. The molecule has 3 rings (SSSR count). The van der Waals surface area contributed by atoms with Crippen molar-refractivity contribution in [3.05, 3.63) is 54.0 Å². The molecule has 2 heterocycles. The Labute approximate surface area is 163 Å². The van der Waals surface area contributed by atoms with Gasteiger partial charge in [0.1, 0.15) is 5.69 Å². The van der Waals surface area contributed by atoms with Crippen LogP contribution in [0.2, 0.25) is 0 Å². The normalized spacial score (nSPS) is 15.5. The number of nitrogens with zero attached hydrogens (tertiary/aromatic N) is 2. The molecule has 28 heavy (non-hydrogen) atoms. The number of alkyl halides is 2. The Bertz CT molecular complexity index is 752. The minimum absolute atomic E-state index is 0.0226. The summed E-state index contributed by atoms with van der Waals surface area (Å²) < 4.78 is 29.5. The molecule has 0 unspecified atom stereocenters. The quantitative estimate of drug-likeness (QED) is 0.703. The number of amides is 1. The summed E-state index contributed by atoms with van der Waals surface area (Å²) in [6.45, 7) is -0.746. The van der Waals surface area contributed by atoms with Gasteiger partial charge in [-0.1, -0.05) is 31.7 Å². The third-order valence-electron chi connectivity index (χ3n) is 4.97. The molecule has 1 saturated carbocycles. The Kier molecular flexibility index (Phi) is 7.28. The molecule has 0 aromatic carbocycles. The van der Waals surface area contributed by atoms with Crippen molar-refractivity contribution in [1.29, 1.82) is 0 Å². The lowest BCUT2D eigenvalue weighted by Gasteiger charge is -2.22. The molecule has 1 N–H and O–H groups in total. The van der Waals surface area contributed by atoms with Gasteiger partial charge in [-0.05, 0) is 42.5 Å². The lowest BCUT2D eigenvalue weighted by Crippen LogP contribution is -2.38. The third-order valence-corrected chi connectivity index (χ3v) is 4.97. The molecular weight excluding hydrogens is 364 g/mol. The van der Waals surface area contributed by atoms with E-state index in [1.807, 2.05) is 12.1 Å². The number of aromatic nitrogens is 2. The van der Waals surface area contributed by atoms with Crippen LogP contribution in [0.15, 0.2) is 42.7 Å². The van der Waals surface area contributed by atoms with Crippen molar-refractivity contribution in [1.82, 2.24) is 15.3 Å². The lowest BCUT2D eigenvalue weighted by atomic mass is 9.94. The Morgan fingerprint density at radius 2 is 1.93 bits per heavy atom. The SMILES string of the molecule is O=C(N[C@@H](Cc1ccncc1)CC1CCCC1)c1cccc(OCC(F)F)n1. The highest BCUT2D eigenvalue weighted by Gasteiger charge is 2.23. The van der Waals surface area contributed by atoms with Gasteiger partial charge in [-0.2, -0.15) is 0 Å². The number of hydrogen-bond acceptors (Lipinski definition) is 4. The number of pyridine rings is 2. The van der Waals surface area contributed by atoms with Crippen LogP contribution in [0.1, 0.15) is 48.2 Å². The summed E-state index contributed by atoms with van der Waals surface area (Å²) in [6.07, 6.45) is 7.40. The predicted molar refractivity (Wildman–Crippen MR) is 102 cm³/mol. The zero-order valence-electron chi connectivity index (χ0n) is 15.7. The van der Waals surface area contributed by atoms with Gasteiger partial charge < -0.3 is 10.1 Å². The molecule has 1 amide bonds. The molecule has 5 nitrogen and oxygen atoms in total. The largest absolute Gasteiger partial charge is 0.472 e. The van der Waals surface area contributed by atoms with E-state index in [1.165, 1.54) is 31.7 Å². The number of hydrogen-bond donors (Lipinski definition) is 1. The molecular formula is C21H25F2N3O2. The standard InChI is InChI=1S/C21H25F2N3O2/c22-19(23)14-28-20-7-3-6-18(26-20)21(27)25-17(12-15-4-1-2-5-15)13-16-8-10-24-11-9-16/h3,6-11,15,17,19H,1-2,4-5,12-14H2,(H,25,27)/t17-/m1/s1. The molecule has 2 aromatic rings. The Balaban J connectivity index is 1.66. The van der Waals surface area contributed by atoms with Crippen LogP contribution < -0.4 is 10.1 Å². The summed E-state index contributed by atoms with van der Waals surface area (Å²) in [5, 5.41) is 3.08. The predicted octanol–water partition coefficient (Wildman–Crippen LogP) is 4.04. The van der Waals surface area contributed by atoms with Gasteiger partial charge in [-0.3, -0.25) is 9.78 Å². The second kappa shape index (κ2) is 10.1. The first-order valence-corrected chi connectivity index (χ1v) is 9.68. The Morgan fingerprint density at radius 1 is 1.18 bits per heavy atom. The molecule has 1 atom stereocenters. The summed E-state index contributed by atoms with van der Waals surface area (Å²) in [5.74, 6) is 0.315. The van der Waals surface area contributed by atoms with Gasteiger partial charge in [0.15, 0.2) is 6.61 Å². The van der Waals surface area contributed by atoms with Gasteiger partial charge in [0, 0.05) is 24.5 Å². The van der Waals surface area contributed by atoms with E-state index in [9.17, 15) is 13.6 Å². The highest BCUT2D eigenvalue weighted by atomic mass is 19.3. The molecule has 0 bridgehead atoms. The van der Waals surface area contributed by atoms with Crippen molar-refractivity contribution < 1.29 is 18.3 Å². The maximum absolute atomic E-state index is 12.7. The maximum atomic E-state index is 12.7. The maximum Gasteiger partial charge on any atom is 0.272 e. The smallest absolute Gasteiger partial charge is 0.272 e. The second-order valence-corrected chi connectivity index (χ2v) is 7.18. The van der Waals surface area contributed by atoms with Crippen molar-refractivity contribution in [3.63, 3.8) is 0 Å². The topological polar surface area (TPSA) is 64.1 Å². The van der Waals surface area contributed by atoms with E-state index < -0.39 is 13.0 Å². The summed E-state index contributed by atoms with van der Waals surface area (Å²) in [7, 11) is 0. The van der Waals surface area contributed by atoms with E-state index in [-0.39, 0.29) is 23.5 Å². The van der Waals surface area contributed by atoms with Crippen LogP contribution in [0, 0.1) is 5.92 Å². The minimum Gasteiger partial charge on any atom is -0.472 e. The number of ether oxygens (including phenoxy) is 1. The summed E-state index contributed by atoms with van der Waals surface area (Å²) in [6, 6.07) is 8.48. The average Bonchev–Trinajstić information content (AvgIpc) is 3.20. The summed E-state index contributed by atoms with van der Waals surface area (Å²) >= 11 is 0. The van der Waals surface area contributed by atoms with Crippen molar-refractivity contribution >= 4 is 5.91 Å². The van der Waals surface area contributed by atoms with Gasteiger partial charge >= 0.3 is 0 Å². The molecule has 1 fully saturated rings. The third kappa shape index (κ3) is 6.25. The van der Waals surface area contributed by atoms with Gasteiger partial charge in [0.25, 0.3) is 12.3 Å². The molecule has 1 aliphatic carbocycles. The van der Waals surface area contributed by atoms with Crippen LogP contribution >= 0.6 is 0 Å². The number of nitrogens with one attached hydrogen (secondary N) is 1. The minimum atomic E-state index is -2.59. The lowest BCUT2D eigenvalue weighted by molar-refractivity contribution is 0.0792. The number of carbonyl (C=O) groups excluding carboxylic acids is 1. The monoisotopic (exact) mass is 389 g/mol. The second-order valence-electron chi connectivity index (χ2n) is 7.18. The number of rotatable bonds is 9. The van der Waals surface area contributed by atoms with Crippen molar-refractivity contribution in [2.45, 2.75) is 51.0 Å². The first-order valence-electron chi connectivity index (χ1n) is 9.68. The van der Waals surface area contributed by atoms with Gasteiger partial charge in [-0.25, -0.2) is 13.8 Å². The fraction of sp³-hybridized carbons (Fsp3) is 0.476. The average molecular weight is 389 g/mol.